The number of nitrogens with zero attached hydrogens (tertiary/aromatic N) is 2. The van der Waals surface area contributed by atoms with Gasteiger partial charge >= 0.3 is 0 Å². The van der Waals surface area contributed by atoms with E-state index in [9.17, 15) is 0 Å². The first-order valence-electron chi connectivity index (χ1n) is 17.7. The first-order chi connectivity index (χ1) is 24.3. The van der Waals surface area contributed by atoms with Gasteiger partial charge < -0.3 is 9.47 Å². The molecule has 10 rings (SSSR count). The number of aromatic nitrogens is 1. The molecule has 7 aromatic carbocycles. The summed E-state index contributed by atoms with van der Waals surface area (Å²) in [7, 11) is 0. The predicted molar refractivity (Wildman–Crippen MR) is 211 cm³/mol. The maximum absolute atomic E-state index is 2.46. The van der Waals surface area contributed by atoms with Crippen LogP contribution in [0, 0.1) is 0 Å². The predicted octanol–water partition coefficient (Wildman–Crippen LogP) is 12.9. The van der Waals surface area contributed by atoms with Crippen LogP contribution in [0.4, 0.5) is 17.1 Å². The van der Waals surface area contributed by atoms with Gasteiger partial charge in [-0.05, 0) is 105 Å². The Labute approximate surface area is 293 Å². The summed E-state index contributed by atoms with van der Waals surface area (Å²) in [5.74, 6) is 0. The van der Waals surface area contributed by atoms with E-state index in [0.29, 0.717) is 0 Å². The SMILES string of the molecule is CC1(C)c2ccccc2-c2ccc(-n3c4ccccc4c4cc(-c5ccc6c(c5)C(C)(C)c5ccccc5N6c5ccccc5)ccc43)cc21. The molecule has 0 unspecified atom stereocenters. The molecule has 0 spiro atoms. The molecule has 50 heavy (non-hydrogen) atoms. The van der Waals surface area contributed by atoms with Crippen LogP contribution in [0.2, 0.25) is 0 Å². The minimum absolute atomic E-state index is 0.0509. The quantitative estimate of drug-likeness (QED) is 0.186. The zero-order chi connectivity index (χ0) is 33.8. The van der Waals surface area contributed by atoms with E-state index in [1.165, 1.54) is 89.1 Å². The minimum atomic E-state index is -0.158. The number of anilines is 3. The summed E-state index contributed by atoms with van der Waals surface area (Å²) in [5.41, 5.74) is 17.8. The Bertz CT molecular complexity index is 2650. The fourth-order valence-corrected chi connectivity index (χ4v) is 9.00. The number of rotatable bonds is 3. The molecule has 0 saturated heterocycles. The number of hydrogen-bond acceptors (Lipinski definition) is 1. The molecule has 0 bridgehead atoms. The molecule has 2 heteroatoms. The lowest BCUT2D eigenvalue weighted by Gasteiger charge is -2.42. The van der Waals surface area contributed by atoms with Crippen LogP contribution in [0.25, 0.3) is 49.7 Å². The average Bonchev–Trinajstić information content (AvgIpc) is 3.60. The zero-order valence-corrected chi connectivity index (χ0v) is 28.9. The van der Waals surface area contributed by atoms with Crippen LogP contribution in [-0.4, -0.2) is 4.57 Å². The van der Waals surface area contributed by atoms with E-state index in [1.54, 1.807) is 0 Å². The molecule has 240 valence electrons. The van der Waals surface area contributed by atoms with Gasteiger partial charge in [0.25, 0.3) is 0 Å². The van der Waals surface area contributed by atoms with Crippen molar-refractivity contribution < 1.29 is 0 Å². The Morgan fingerprint density at radius 3 is 1.86 bits per heavy atom. The zero-order valence-electron chi connectivity index (χ0n) is 28.9. The van der Waals surface area contributed by atoms with E-state index in [4.69, 9.17) is 0 Å². The third-order valence-corrected chi connectivity index (χ3v) is 11.6. The van der Waals surface area contributed by atoms with Crippen molar-refractivity contribution in [3.05, 3.63) is 180 Å². The highest BCUT2D eigenvalue weighted by Crippen LogP contribution is 2.53. The van der Waals surface area contributed by atoms with Gasteiger partial charge in [0.15, 0.2) is 0 Å². The number of hydrogen-bond donors (Lipinski definition) is 0. The second-order valence-corrected chi connectivity index (χ2v) is 15.0. The Morgan fingerprint density at radius 1 is 0.380 bits per heavy atom. The Hall–Kier alpha value is -5.86. The van der Waals surface area contributed by atoms with Crippen LogP contribution >= 0.6 is 0 Å². The number of para-hydroxylation sites is 3. The van der Waals surface area contributed by atoms with Crippen LogP contribution in [0.15, 0.2) is 158 Å². The third-order valence-electron chi connectivity index (χ3n) is 11.6. The van der Waals surface area contributed by atoms with Gasteiger partial charge in [0.2, 0.25) is 0 Å². The van der Waals surface area contributed by atoms with E-state index >= 15 is 0 Å². The maximum Gasteiger partial charge on any atom is 0.0541 e. The van der Waals surface area contributed by atoms with Crippen LogP contribution in [0.3, 0.4) is 0 Å². The fraction of sp³-hybridized carbons (Fsp3) is 0.125. The summed E-state index contributed by atoms with van der Waals surface area (Å²) in [6.45, 7) is 9.45. The van der Waals surface area contributed by atoms with Crippen molar-refractivity contribution in [2.24, 2.45) is 0 Å². The second kappa shape index (κ2) is 10.3. The normalized spacial score (nSPS) is 15.1. The summed E-state index contributed by atoms with van der Waals surface area (Å²) in [6, 6.07) is 58.5. The molecule has 0 N–H and O–H groups in total. The summed E-state index contributed by atoms with van der Waals surface area (Å²) >= 11 is 0. The van der Waals surface area contributed by atoms with Crippen molar-refractivity contribution in [1.82, 2.24) is 4.57 Å². The Balaban J connectivity index is 1.13. The average molecular weight is 643 g/mol. The fourth-order valence-electron chi connectivity index (χ4n) is 9.00. The number of benzene rings is 7. The molecule has 0 amide bonds. The highest BCUT2D eigenvalue weighted by atomic mass is 15.2. The monoisotopic (exact) mass is 642 g/mol. The van der Waals surface area contributed by atoms with E-state index in [0.717, 1.165) is 0 Å². The molecule has 0 saturated carbocycles. The van der Waals surface area contributed by atoms with Gasteiger partial charge in [0.05, 0.1) is 22.4 Å². The van der Waals surface area contributed by atoms with Crippen molar-refractivity contribution in [2.45, 2.75) is 38.5 Å². The largest absolute Gasteiger partial charge is 0.310 e. The smallest absolute Gasteiger partial charge is 0.0541 e. The molecule has 2 heterocycles. The molecule has 0 atom stereocenters. The first kappa shape index (κ1) is 29.1. The summed E-state index contributed by atoms with van der Waals surface area (Å²) < 4.78 is 2.46. The molecule has 1 aromatic heterocycles. The van der Waals surface area contributed by atoms with Gasteiger partial charge in [-0.25, -0.2) is 0 Å². The Kier molecular flexibility index (Phi) is 6.01. The van der Waals surface area contributed by atoms with Crippen LogP contribution in [-0.2, 0) is 10.8 Å². The van der Waals surface area contributed by atoms with Gasteiger partial charge in [-0.1, -0.05) is 125 Å². The van der Waals surface area contributed by atoms with E-state index in [1.807, 2.05) is 0 Å². The molecule has 1 aliphatic carbocycles. The van der Waals surface area contributed by atoms with Crippen molar-refractivity contribution >= 4 is 38.9 Å². The van der Waals surface area contributed by atoms with Gasteiger partial charge in [0, 0.05) is 33.0 Å². The summed E-state index contributed by atoms with van der Waals surface area (Å²) in [5, 5.41) is 2.55. The lowest BCUT2D eigenvalue weighted by Crippen LogP contribution is -2.30. The van der Waals surface area contributed by atoms with Crippen molar-refractivity contribution in [3.8, 4) is 27.9 Å². The molecule has 0 fully saturated rings. The second-order valence-electron chi connectivity index (χ2n) is 15.0. The molecular weight excluding hydrogens is 605 g/mol. The number of fused-ring (bicyclic) bond motifs is 8. The molecule has 0 radical (unpaired) electrons. The van der Waals surface area contributed by atoms with Crippen LogP contribution in [0.1, 0.15) is 49.9 Å². The first-order valence-corrected chi connectivity index (χ1v) is 17.7. The lowest BCUT2D eigenvalue weighted by atomic mass is 9.73. The van der Waals surface area contributed by atoms with Gasteiger partial charge in [-0.15, -0.1) is 0 Å². The minimum Gasteiger partial charge on any atom is -0.310 e. The van der Waals surface area contributed by atoms with Crippen molar-refractivity contribution in [3.63, 3.8) is 0 Å². The van der Waals surface area contributed by atoms with Crippen LogP contribution < -0.4 is 4.90 Å². The van der Waals surface area contributed by atoms with Crippen LogP contribution in [0.5, 0.6) is 0 Å². The topological polar surface area (TPSA) is 8.17 Å². The maximum atomic E-state index is 2.46. The van der Waals surface area contributed by atoms with Crippen molar-refractivity contribution in [2.75, 3.05) is 4.90 Å². The van der Waals surface area contributed by atoms with Gasteiger partial charge in [0.1, 0.15) is 0 Å². The highest BCUT2D eigenvalue weighted by Gasteiger charge is 2.37. The summed E-state index contributed by atoms with van der Waals surface area (Å²) in [4.78, 5) is 2.42. The highest BCUT2D eigenvalue weighted by molar-refractivity contribution is 6.10. The molecule has 2 aliphatic rings. The molecule has 1 aliphatic heterocycles. The summed E-state index contributed by atoms with van der Waals surface area (Å²) in [6.07, 6.45) is 0. The van der Waals surface area contributed by atoms with E-state index in [2.05, 4.69) is 195 Å². The van der Waals surface area contributed by atoms with Gasteiger partial charge in [-0.3, -0.25) is 0 Å². The molecular formula is C48H38N2. The Morgan fingerprint density at radius 2 is 1.00 bits per heavy atom. The standard InChI is InChI=1S/C48H38N2/c1-47(2)39-18-10-8-16-35(39)36-25-24-34(30-41(36)47)50-43-20-12-9-17-37(43)38-28-31(22-26-44(38)50)32-23-27-46-42(29-32)48(3,4)40-19-11-13-21-45(40)49(46)33-14-6-5-7-15-33/h5-30H,1-4H3. The van der Waals surface area contributed by atoms with Crippen molar-refractivity contribution in [1.29, 1.82) is 0 Å². The molecule has 8 aromatic rings. The van der Waals surface area contributed by atoms with E-state index in [-0.39, 0.29) is 10.8 Å². The molecule has 2 nitrogen and oxygen atoms in total. The van der Waals surface area contributed by atoms with Gasteiger partial charge in [-0.2, -0.15) is 0 Å². The lowest BCUT2D eigenvalue weighted by molar-refractivity contribution is 0.632. The third kappa shape index (κ3) is 3.96. The van der Waals surface area contributed by atoms with E-state index < -0.39 is 0 Å².